The van der Waals surface area contributed by atoms with Crippen LogP contribution < -0.4 is 5.32 Å². The van der Waals surface area contributed by atoms with Crippen LogP contribution in [0.25, 0.3) is 5.57 Å². The predicted molar refractivity (Wildman–Crippen MR) is 78.3 cm³/mol. The summed E-state index contributed by atoms with van der Waals surface area (Å²) < 4.78 is 2.06. The molecular formula is C16H18N4. The zero-order valence-electron chi connectivity index (χ0n) is 11.5. The van der Waals surface area contributed by atoms with Crippen LogP contribution in [0.5, 0.6) is 0 Å². The summed E-state index contributed by atoms with van der Waals surface area (Å²) in [5, 5.41) is 7.83. The molecular weight excluding hydrogens is 248 g/mol. The van der Waals surface area contributed by atoms with Gasteiger partial charge in [0.05, 0.1) is 0 Å². The first kappa shape index (κ1) is 11.9. The summed E-state index contributed by atoms with van der Waals surface area (Å²) in [5.74, 6) is 1.05. The maximum absolute atomic E-state index is 4.55. The van der Waals surface area contributed by atoms with E-state index in [4.69, 9.17) is 0 Å². The van der Waals surface area contributed by atoms with Crippen LogP contribution in [0.2, 0.25) is 0 Å². The minimum Gasteiger partial charge on any atom is -0.316 e. The van der Waals surface area contributed by atoms with Gasteiger partial charge in [-0.05, 0) is 43.5 Å². The molecule has 0 spiro atoms. The molecule has 0 saturated carbocycles. The molecule has 4 rings (SSSR count). The van der Waals surface area contributed by atoms with Crippen molar-refractivity contribution < 1.29 is 0 Å². The van der Waals surface area contributed by atoms with E-state index in [0.717, 1.165) is 44.7 Å². The van der Waals surface area contributed by atoms with E-state index >= 15 is 0 Å². The van der Waals surface area contributed by atoms with Crippen LogP contribution in [-0.2, 0) is 13.0 Å². The predicted octanol–water partition coefficient (Wildman–Crippen LogP) is 2.02. The number of nitrogens with one attached hydrogen (secondary N) is 1. The number of fused-ring (bicyclic) bond motifs is 2. The van der Waals surface area contributed by atoms with Gasteiger partial charge in [0.25, 0.3) is 0 Å². The quantitative estimate of drug-likeness (QED) is 0.793. The lowest BCUT2D eigenvalue weighted by molar-refractivity contribution is 0.602. The van der Waals surface area contributed by atoms with Gasteiger partial charge in [0, 0.05) is 12.1 Å². The van der Waals surface area contributed by atoms with Crippen LogP contribution in [0.15, 0.2) is 36.2 Å². The van der Waals surface area contributed by atoms with Gasteiger partial charge in [0.15, 0.2) is 5.82 Å². The number of hydrogen-bond acceptors (Lipinski definition) is 3. The van der Waals surface area contributed by atoms with Crippen LogP contribution in [-0.4, -0.2) is 27.9 Å². The molecule has 102 valence electrons. The van der Waals surface area contributed by atoms with Gasteiger partial charge in [-0.2, -0.15) is 5.10 Å². The highest BCUT2D eigenvalue weighted by Gasteiger charge is 2.23. The normalized spacial score (nSPS) is 18.4. The molecule has 0 atom stereocenters. The molecule has 2 aliphatic heterocycles. The minimum absolute atomic E-state index is 0.918. The Kier molecular flexibility index (Phi) is 2.89. The van der Waals surface area contributed by atoms with Crippen molar-refractivity contribution in [3.05, 3.63) is 53.1 Å². The van der Waals surface area contributed by atoms with Crippen LogP contribution in [0, 0.1) is 0 Å². The standard InChI is InChI=1S/C16H18N4/c1-2-4-14-12(3-1)7-10-20-16(18-11-19-20)15(14)13-5-8-17-9-6-13/h1-4,11,17H,5-10H2. The van der Waals surface area contributed by atoms with Crippen molar-refractivity contribution >= 4 is 5.57 Å². The summed E-state index contributed by atoms with van der Waals surface area (Å²) in [6.07, 6.45) is 4.93. The van der Waals surface area contributed by atoms with Gasteiger partial charge in [0.2, 0.25) is 0 Å². The number of aryl methyl sites for hydroxylation is 2. The largest absolute Gasteiger partial charge is 0.316 e. The van der Waals surface area contributed by atoms with Gasteiger partial charge < -0.3 is 5.32 Å². The zero-order valence-corrected chi connectivity index (χ0v) is 11.5. The Labute approximate surface area is 118 Å². The highest BCUT2D eigenvalue weighted by Crippen LogP contribution is 2.34. The van der Waals surface area contributed by atoms with Crippen molar-refractivity contribution in [1.29, 1.82) is 0 Å². The second kappa shape index (κ2) is 4.87. The van der Waals surface area contributed by atoms with E-state index in [2.05, 4.69) is 44.3 Å². The average Bonchev–Trinajstić information content (AvgIpc) is 2.90. The topological polar surface area (TPSA) is 42.7 Å². The fraction of sp³-hybridized carbons (Fsp3) is 0.375. The molecule has 1 aromatic carbocycles. The lowest BCUT2D eigenvalue weighted by Crippen LogP contribution is -2.24. The van der Waals surface area contributed by atoms with Crippen LogP contribution >= 0.6 is 0 Å². The van der Waals surface area contributed by atoms with Gasteiger partial charge in [-0.3, -0.25) is 0 Å². The van der Waals surface area contributed by atoms with E-state index in [1.54, 1.807) is 6.33 Å². The first-order valence-electron chi connectivity index (χ1n) is 7.32. The molecule has 1 fully saturated rings. The van der Waals surface area contributed by atoms with E-state index in [0.29, 0.717) is 0 Å². The monoisotopic (exact) mass is 266 g/mol. The van der Waals surface area contributed by atoms with Gasteiger partial charge in [-0.15, -0.1) is 0 Å². The van der Waals surface area contributed by atoms with Gasteiger partial charge >= 0.3 is 0 Å². The third kappa shape index (κ3) is 1.88. The molecule has 4 heteroatoms. The Morgan fingerprint density at radius 1 is 1.05 bits per heavy atom. The van der Waals surface area contributed by atoms with Crippen molar-refractivity contribution in [2.45, 2.75) is 25.8 Å². The molecule has 4 nitrogen and oxygen atoms in total. The summed E-state index contributed by atoms with van der Waals surface area (Å²) in [7, 11) is 0. The molecule has 0 bridgehead atoms. The molecule has 3 heterocycles. The Morgan fingerprint density at radius 2 is 1.90 bits per heavy atom. The Bertz CT molecular complexity index is 661. The zero-order chi connectivity index (χ0) is 13.4. The number of benzene rings is 1. The first-order valence-corrected chi connectivity index (χ1v) is 7.32. The minimum atomic E-state index is 0.918. The lowest BCUT2D eigenvalue weighted by atomic mass is 9.90. The van der Waals surface area contributed by atoms with E-state index in [1.165, 1.54) is 22.3 Å². The molecule has 1 saturated heterocycles. The smallest absolute Gasteiger partial charge is 0.158 e. The Hall–Kier alpha value is -1.94. The fourth-order valence-corrected chi connectivity index (χ4v) is 3.28. The summed E-state index contributed by atoms with van der Waals surface area (Å²) in [4.78, 5) is 4.55. The van der Waals surface area contributed by atoms with Gasteiger partial charge in [-0.25, -0.2) is 9.67 Å². The third-order valence-electron chi connectivity index (χ3n) is 4.28. The molecule has 0 radical (unpaired) electrons. The third-order valence-corrected chi connectivity index (χ3v) is 4.28. The Morgan fingerprint density at radius 3 is 2.80 bits per heavy atom. The van der Waals surface area contributed by atoms with Gasteiger partial charge in [0.1, 0.15) is 6.33 Å². The molecule has 20 heavy (non-hydrogen) atoms. The fourth-order valence-electron chi connectivity index (χ4n) is 3.28. The SMILES string of the molecule is c1ccc2c(c1)CCn1ncnc1C2=C1CCNCC1. The molecule has 2 aromatic rings. The van der Waals surface area contributed by atoms with E-state index in [1.807, 2.05) is 0 Å². The average molecular weight is 266 g/mol. The van der Waals surface area contributed by atoms with E-state index in [-0.39, 0.29) is 0 Å². The maximum Gasteiger partial charge on any atom is 0.158 e. The molecule has 0 unspecified atom stereocenters. The summed E-state index contributed by atoms with van der Waals surface area (Å²) >= 11 is 0. The van der Waals surface area contributed by atoms with Crippen molar-refractivity contribution in [2.24, 2.45) is 0 Å². The number of hydrogen-bond donors (Lipinski definition) is 1. The van der Waals surface area contributed by atoms with Crippen molar-refractivity contribution in [3.8, 4) is 0 Å². The summed E-state index contributed by atoms with van der Waals surface area (Å²) in [6.45, 7) is 3.05. The first-order chi connectivity index (χ1) is 9.93. The summed E-state index contributed by atoms with van der Waals surface area (Å²) in [5.41, 5.74) is 5.63. The molecule has 1 N–H and O–H groups in total. The highest BCUT2D eigenvalue weighted by atomic mass is 15.3. The number of nitrogens with zero attached hydrogens (tertiary/aromatic N) is 3. The molecule has 1 aromatic heterocycles. The summed E-state index contributed by atoms with van der Waals surface area (Å²) in [6, 6.07) is 8.74. The molecule has 2 aliphatic rings. The second-order valence-corrected chi connectivity index (χ2v) is 5.44. The maximum atomic E-state index is 4.55. The number of rotatable bonds is 0. The van der Waals surface area contributed by atoms with Crippen LogP contribution in [0.3, 0.4) is 0 Å². The second-order valence-electron chi connectivity index (χ2n) is 5.44. The van der Waals surface area contributed by atoms with Crippen LogP contribution in [0.4, 0.5) is 0 Å². The van der Waals surface area contributed by atoms with Crippen LogP contribution in [0.1, 0.15) is 29.8 Å². The molecule has 0 amide bonds. The number of aromatic nitrogens is 3. The van der Waals surface area contributed by atoms with Crippen molar-refractivity contribution in [2.75, 3.05) is 13.1 Å². The van der Waals surface area contributed by atoms with Crippen molar-refractivity contribution in [1.82, 2.24) is 20.1 Å². The molecule has 0 aliphatic carbocycles. The van der Waals surface area contributed by atoms with Crippen molar-refractivity contribution in [3.63, 3.8) is 0 Å². The lowest BCUT2D eigenvalue weighted by Gasteiger charge is -2.20. The van der Waals surface area contributed by atoms with E-state index in [9.17, 15) is 0 Å². The van der Waals surface area contributed by atoms with Gasteiger partial charge in [-0.1, -0.05) is 29.8 Å². The number of piperidine rings is 1. The Balaban J connectivity index is 1.96. The van der Waals surface area contributed by atoms with E-state index < -0.39 is 0 Å². The highest BCUT2D eigenvalue weighted by molar-refractivity contribution is 5.81.